The molecule has 3 aromatic rings. The molecule has 0 unspecified atom stereocenters. The molecule has 1 aliphatic rings. The van der Waals surface area contributed by atoms with Crippen molar-refractivity contribution in [2.24, 2.45) is 0 Å². The number of benzene rings is 3. The van der Waals surface area contributed by atoms with E-state index in [1.807, 2.05) is 18.2 Å². The van der Waals surface area contributed by atoms with E-state index in [2.05, 4.69) is 71.6 Å². The van der Waals surface area contributed by atoms with Gasteiger partial charge in [-0.25, -0.2) is 0 Å². The number of nitrogens with zero attached hydrogens (tertiary/aromatic N) is 1. The Hall–Kier alpha value is -2.56. The lowest BCUT2D eigenvalue weighted by molar-refractivity contribution is 0.365. The van der Waals surface area contributed by atoms with Crippen LogP contribution in [0.25, 0.3) is 0 Å². The highest BCUT2D eigenvalue weighted by atomic mass is 16.6. The van der Waals surface area contributed by atoms with Crippen molar-refractivity contribution < 1.29 is 9.31 Å². The van der Waals surface area contributed by atoms with Crippen molar-refractivity contribution in [1.29, 1.82) is 0 Å². The van der Waals surface area contributed by atoms with Gasteiger partial charge < -0.3 is 14.2 Å². The number of hydrogen-bond acceptors (Lipinski definition) is 3. The lowest BCUT2D eigenvalue weighted by Crippen LogP contribution is -2.32. The second-order valence-electron chi connectivity index (χ2n) is 5.68. The van der Waals surface area contributed by atoms with Crippen molar-refractivity contribution in [1.82, 2.24) is 0 Å². The molecule has 1 fully saturated rings. The molecule has 24 heavy (non-hydrogen) atoms. The molecule has 4 heteroatoms. The molecule has 1 heterocycles. The van der Waals surface area contributed by atoms with Crippen LogP contribution < -0.4 is 10.4 Å². The van der Waals surface area contributed by atoms with Gasteiger partial charge in [-0.15, -0.1) is 0 Å². The van der Waals surface area contributed by atoms with E-state index in [0.717, 1.165) is 22.5 Å². The second kappa shape index (κ2) is 6.91. The summed E-state index contributed by atoms with van der Waals surface area (Å²) in [6, 6.07) is 29.1. The number of anilines is 3. The van der Waals surface area contributed by atoms with Gasteiger partial charge >= 0.3 is 7.12 Å². The normalized spacial score (nSPS) is 13.9. The Morgan fingerprint density at radius 1 is 0.625 bits per heavy atom. The van der Waals surface area contributed by atoms with Crippen LogP contribution in [0.4, 0.5) is 17.1 Å². The molecular formula is C20H18BNO2. The lowest BCUT2D eigenvalue weighted by Gasteiger charge is -2.26. The van der Waals surface area contributed by atoms with Crippen molar-refractivity contribution >= 4 is 29.6 Å². The fraction of sp³-hybridized carbons (Fsp3) is 0.100. The highest BCUT2D eigenvalue weighted by Gasteiger charge is 2.26. The first-order valence-electron chi connectivity index (χ1n) is 8.15. The first-order valence-corrected chi connectivity index (χ1v) is 8.15. The Bertz CT molecular complexity index is 750. The van der Waals surface area contributed by atoms with Crippen LogP contribution in [0.1, 0.15) is 0 Å². The quantitative estimate of drug-likeness (QED) is 0.682. The zero-order valence-corrected chi connectivity index (χ0v) is 13.3. The van der Waals surface area contributed by atoms with Crippen LogP contribution in [0.5, 0.6) is 0 Å². The van der Waals surface area contributed by atoms with Crippen molar-refractivity contribution in [3.8, 4) is 0 Å². The summed E-state index contributed by atoms with van der Waals surface area (Å²) in [5.41, 5.74) is 4.37. The third kappa shape index (κ3) is 3.07. The van der Waals surface area contributed by atoms with Crippen LogP contribution in [-0.2, 0) is 9.31 Å². The first kappa shape index (κ1) is 15.0. The molecule has 4 rings (SSSR count). The molecule has 3 aromatic carbocycles. The third-order valence-corrected chi connectivity index (χ3v) is 4.05. The van der Waals surface area contributed by atoms with E-state index in [0.29, 0.717) is 13.2 Å². The highest BCUT2D eigenvalue weighted by Crippen LogP contribution is 2.33. The maximum Gasteiger partial charge on any atom is 0.494 e. The summed E-state index contributed by atoms with van der Waals surface area (Å²) in [4.78, 5) is 2.23. The first-order chi connectivity index (χ1) is 11.9. The van der Waals surface area contributed by atoms with E-state index in [1.165, 1.54) is 0 Å². The molecule has 118 valence electrons. The van der Waals surface area contributed by atoms with Crippen molar-refractivity contribution in [3.63, 3.8) is 0 Å². The SMILES string of the molecule is c1ccc(N(c2ccccc2)c2cccc(B3OCCO3)c2)cc1. The molecule has 1 aliphatic heterocycles. The summed E-state index contributed by atoms with van der Waals surface area (Å²) < 4.78 is 11.3. The van der Waals surface area contributed by atoms with Crippen LogP contribution >= 0.6 is 0 Å². The third-order valence-electron chi connectivity index (χ3n) is 4.05. The van der Waals surface area contributed by atoms with Crippen LogP contribution in [0, 0.1) is 0 Å². The van der Waals surface area contributed by atoms with Crippen LogP contribution in [0.2, 0.25) is 0 Å². The Balaban J connectivity index is 1.78. The van der Waals surface area contributed by atoms with Gasteiger partial charge in [-0.1, -0.05) is 48.5 Å². The Morgan fingerprint density at radius 3 is 1.75 bits per heavy atom. The molecule has 0 bridgehead atoms. The van der Waals surface area contributed by atoms with Gasteiger partial charge in [0.15, 0.2) is 0 Å². The number of para-hydroxylation sites is 2. The molecule has 0 aliphatic carbocycles. The largest absolute Gasteiger partial charge is 0.494 e. The minimum Gasteiger partial charge on any atom is -0.405 e. The maximum atomic E-state index is 5.64. The molecule has 0 aromatic heterocycles. The Kier molecular flexibility index (Phi) is 4.32. The number of hydrogen-bond donors (Lipinski definition) is 0. The molecular weight excluding hydrogens is 297 g/mol. The van der Waals surface area contributed by atoms with Gasteiger partial charge in [-0.2, -0.15) is 0 Å². The topological polar surface area (TPSA) is 21.7 Å². The maximum absolute atomic E-state index is 5.64. The zero-order valence-electron chi connectivity index (χ0n) is 13.3. The second-order valence-corrected chi connectivity index (χ2v) is 5.68. The van der Waals surface area contributed by atoms with E-state index in [4.69, 9.17) is 9.31 Å². The van der Waals surface area contributed by atoms with Gasteiger partial charge in [0.2, 0.25) is 0 Å². The van der Waals surface area contributed by atoms with Crippen molar-refractivity contribution in [2.75, 3.05) is 18.1 Å². The fourth-order valence-corrected chi connectivity index (χ4v) is 2.96. The molecule has 0 N–H and O–H groups in total. The van der Waals surface area contributed by atoms with Gasteiger partial charge in [0.25, 0.3) is 0 Å². The smallest absolute Gasteiger partial charge is 0.405 e. The summed E-state index contributed by atoms with van der Waals surface area (Å²) in [6.07, 6.45) is 0. The number of rotatable bonds is 4. The molecule has 3 nitrogen and oxygen atoms in total. The monoisotopic (exact) mass is 315 g/mol. The molecule has 0 amide bonds. The van der Waals surface area contributed by atoms with Gasteiger partial charge in [-0.05, 0) is 41.9 Å². The van der Waals surface area contributed by atoms with Gasteiger partial charge in [0.05, 0.1) is 13.2 Å². The predicted octanol–water partition coefficient (Wildman–Crippen LogP) is 3.90. The Morgan fingerprint density at radius 2 is 1.17 bits per heavy atom. The van der Waals surface area contributed by atoms with E-state index >= 15 is 0 Å². The zero-order chi connectivity index (χ0) is 16.2. The van der Waals surface area contributed by atoms with E-state index in [-0.39, 0.29) is 7.12 Å². The highest BCUT2D eigenvalue weighted by molar-refractivity contribution is 6.61. The van der Waals surface area contributed by atoms with Crippen molar-refractivity contribution in [3.05, 3.63) is 84.9 Å². The van der Waals surface area contributed by atoms with Crippen molar-refractivity contribution in [2.45, 2.75) is 0 Å². The van der Waals surface area contributed by atoms with Crippen LogP contribution in [0.15, 0.2) is 84.9 Å². The molecule has 1 saturated heterocycles. The summed E-state index contributed by atoms with van der Waals surface area (Å²) in [7, 11) is -0.265. The predicted molar refractivity (Wildman–Crippen MR) is 98.4 cm³/mol. The summed E-state index contributed by atoms with van der Waals surface area (Å²) in [6.45, 7) is 1.30. The summed E-state index contributed by atoms with van der Waals surface area (Å²) >= 11 is 0. The van der Waals surface area contributed by atoms with Gasteiger partial charge in [0, 0.05) is 17.1 Å². The minimum atomic E-state index is -0.265. The average Bonchev–Trinajstić information content (AvgIpc) is 3.19. The van der Waals surface area contributed by atoms with E-state index in [1.54, 1.807) is 0 Å². The lowest BCUT2D eigenvalue weighted by atomic mass is 9.79. The standard InChI is InChI=1S/C20H18BNO2/c1-3-9-18(10-4-1)22(19-11-5-2-6-12-19)20-13-7-8-17(16-20)21-23-14-15-24-21/h1-13,16H,14-15H2. The van der Waals surface area contributed by atoms with Crippen LogP contribution in [0.3, 0.4) is 0 Å². The van der Waals surface area contributed by atoms with E-state index in [9.17, 15) is 0 Å². The molecule has 0 spiro atoms. The van der Waals surface area contributed by atoms with Crippen LogP contribution in [-0.4, -0.2) is 20.3 Å². The average molecular weight is 315 g/mol. The summed E-state index contributed by atoms with van der Waals surface area (Å²) in [5, 5.41) is 0. The van der Waals surface area contributed by atoms with Gasteiger partial charge in [0.1, 0.15) is 0 Å². The fourth-order valence-electron chi connectivity index (χ4n) is 2.96. The van der Waals surface area contributed by atoms with E-state index < -0.39 is 0 Å². The molecule has 0 radical (unpaired) electrons. The van der Waals surface area contributed by atoms with Gasteiger partial charge in [-0.3, -0.25) is 0 Å². The minimum absolute atomic E-state index is 0.265. The Labute approximate surface area is 142 Å². The summed E-state index contributed by atoms with van der Waals surface area (Å²) in [5.74, 6) is 0. The molecule has 0 saturated carbocycles. The molecule has 0 atom stereocenters.